The fourth-order valence-corrected chi connectivity index (χ4v) is 2.96. The molecule has 0 aliphatic carbocycles. The van der Waals surface area contributed by atoms with Crippen LogP contribution in [0, 0.1) is 0 Å². The molecule has 1 atom stereocenters. The molecule has 1 aliphatic heterocycles. The number of benzene rings is 2. The summed E-state index contributed by atoms with van der Waals surface area (Å²) in [5, 5.41) is 7.67. The van der Waals surface area contributed by atoms with Crippen LogP contribution in [0.2, 0.25) is 0 Å². The molecular formula is C18H18N2O7S. The molecule has 1 heterocycles. The zero-order valence-corrected chi connectivity index (χ0v) is 15.7. The van der Waals surface area contributed by atoms with Gasteiger partial charge in [-0.3, -0.25) is 4.79 Å². The average molecular weight is 406 g/mol. The standard InChI is InChI=1S/C18H18N2O7S/c1-11(27-18(22)13-3-5-14(6-4-13)28(19,23)24)17(21)20-9-12-2-7-15-16(8-12)26-10-25-15/h2-8,11H,9-10H2,1H3,(H,20,21)(H2,19,23,24)/t11-/m1/s1. The van der Waals surface area contributed by atoms with Crippen molar-refractivity contribution in [3.05, 3.63) is 53.6 Å². The second kappa shape index (κ2) is 7.87. The summed E-state index contributed by atoms with van der Waals surface area (Å²) in [7, 11) is -3.85. The summed E-state index contributed by atoms with van der Waals surface area (Å²) in [4.78, 5) is 24.1. The van der Waals surface area contributed by atoms with Gasteiger partial charge in [-0.1, -0.05) is 6.07 Å². The van der Waals surface area contributed by atoms with Crippen LogP contribution in [0.3, 0.4) is 0 Å². The van der Waals surface area contributed by atoms with Crippen LogP contribution >= 0.6 is 0 Å². The Hall–Kier alpha value is -3.11. The van der Waals surface area contributed by atoms with Crippen LogP contribution in [0.1, 0.15) is 22.8 Å². The highest BCUT2D eigenvalue weighted by atomic mass is 32.2. The van der Waals surface area contributed by atoms with Crippen LogP contribution in [-0.2, 0) is 26.1 Å². The Morgan fingerprint density at radius 2 is 1.82 bits per heavy atom. The quantitative estimate of drug-likeness (QED) is 0.681. The Morgan fingerprint density at radius 3 is 2.50 bits per heavy atom. The van der Waals surface area contributed by atoms with Gasteiger partial charge in [-0.05, 0) is 48.9 Å². The molecule has 2 aromatic carbocycles. The number of carbonyl (C=O) groups excluding carboxylic acids is 2. The number of esters is 1. The van der Waals surface area contributed by atoms with Crippen molar-refractivity contribution in [2.24, 2.45) is 5.14 Å². The number of rotatable bonds is 6. The topological polar surface area (TPSA) is 134 Å². The third-order valence-corrected chi connectivity index (χ3v) is 4.90. The minimum Gasteiger partial charge on any atom is -0.454 e. The SMILES string of the molecule is C[C@@H](OC(=O)c1ccc(S(N)(=O)=O)cc1)C(=O)NCc1ccc2c(c1)OCO2. The van der Waals surface area contributed by atoms with Gasteiger partial charge in [0.2, 0.25) is 16.8 Å². The molecule has 0 bridgehead atoms. The van der Waals surface area contributed by atoms with Gasteiger partial charge < -0.3 is 19.5 Å². The van der Waals surface area contributed by atoms with E-state index in [9.17, 15) is 18.0 Å². The van der Waals surface area contributed by atoms with E-state index in [0.29, 0.717) is 11.5 Å². The monoisotopic (exact) mass is 406 g/mol. The number of fused-ring (bicyclic) bond motifs is 1. The number of sulfonamides is 1. The molecule has 0 saturated heterocycles. The van der Waals surface area contributed by atoms with Crippen molar-refractivity contribution in [3.63, 3.8) is 0 Å². The number of amides is 1. The fourth-order valence-electron chi connectivity index (χ4n) is 2.45. The van der Waals surface area contributed by atoms with Gasteiger partial charge in [0, 0.05) is 6.54 Å². The number of hydrogen-bond donors (Lipinski definition) is 2. The highest BCUT2D eigenvalue weighted by Crippen LogP contribution is 2.32. The molecule has 3 rings (SSSR count). The van der Waals surface area contributed by atoms with Crippen LogP contribution in [0.15, 0.2) is 47.4 Å². The number of primary sulfonamides is 1. The first-order chi connectivity index (χ1) is 13.2. The predicted molar refractivity (Wildman–Crippen MR) is 97.1 cm³/mol. The molecule has 0 radical (unpaired) electrons. The van der Waals surface area contributed by atoms with E-state index in [2.05, 4.69) is 5.32 Å². The van der Waals surface area contributed by atoms with Crippen LogP contribution in [0.5, 0.6) is 11.5 Å². The van der Waals surface area contributed by atoms with Crippen LogP contribution in [0.4, 0.5) is 0 Å². The first-order valence-electron chi connectivity index (χ1n) is 8.24. The number of hydrogen-bond acceptors (Lipinski definition) is 7. The number of nitrogens with one attached hydrogen (secondary N) is 1. The second-order valence-electron chi connectivity index (χ2n) is 6.02. The summed E-state index contributed by atoms with van der Waals surface area (Å²) < 4.78 is 38.1. The summed E-state index contributed by atoms with van der Waals surface area (Å²) in [6.45, 7) is 1.82. The molecule has 28 heavy (non-hydrogen) atoms. The third kappa shape index (κ3) is 4.59. The lowest BCUT2D eigenvalue weighted by Crippen LogP contribution is -2.35. The lowest BCUT2D eigenvalue weighted by atomic mass is 10.2. The van der Waals surface area contributed by atoms with Crippen molar-refractivity contribution >= 4 is 21.9 Å². The maximum atomic E-state index is 12.2. The normalized spacial score (nSPS) is 13.6. The van der Waals surface area contributed by atoms with Gasteiger partial charge in [0.25, 0.3) is 5.91 Å². The molecule has 2 aromatic rings. The molecular weight excluding hydrogens is 388 g/mol. The molecule has 0 saturated carbocycles. The van der Waals surface area contributed by atoms with Gasteiger partial charge >= 0.3 is 5.97 Å². The van der Waals surface area contributed by atoms with E-state index < -0.39 is 28.0 Å². The Balaban J connectivity index is 1.54. The van der Waals surface area contributed by atoms with E-state index in [1.165, 1.54) is 31.2 Å². The molecule has 148 valence electrons. The second-order valence-corrected chi connectivity index (χ2v) is 7.58. The lowest BCUT2D eigenvalue weighted by Gasteiger charge is -2.14. The molecule has 9 nitrogen and oxygen atoms in total. The number of ether oxygens (including phenoxy) is 3. The van der Waals surface area contributed by atoms with Gasteiger partial charge in [-0.25, -0.2) is 18.4 Å². The Kier molecular flexibility index (Phi) is 5.52. The smallest absolute Gasteiger partial charge is 0.338 e. The Morgan fingerprint density at radius 1 is 1.14 bits per heavy atom. The minimum atomic E-state index is -3.85. The van der Waals surface area contributed by atoms with Crippen molar-refractivity contribution < 1.29 is 32.2 Å². The van der Waals surface area contributed by atoms with E-state index in [1.54, 1.807) is 18.2 Å². The van der Waals surface area contributed by atoms with Crippen molar-refractivity contribution in [2.75, 3.05) is 6.79 Å². The zero-order valence-electron chi connectivity index (χ0n) is 14.9. The van der Waals surface area contributed by atoms with Crippen LogP contribution in [0.25, 0.3) is 0 Å². The van der Waals surface area contributed by atoms with Crippen molar-refractivity contribution in [3.8, 4) is 11.5 Å². The maximum absolute atomic E-state index is 12.2. The van der Waals surface area contributed by atoms with Crippen molar-refractivity contribution in [1.82, 2.24) is 5.32 Å². The first-order valence-corrected chi connectivity index (χ1v) is 9.79. The van der Waals surface area contributed by atoms with Gasteiger partial charge in [-0.2, -0.15) is 0 Å². The molecule has 0 fully saturated rings. The van der Waals surface area contributed by atoms with E-state index in [1.807, 2.05) is 0 Å². The Bertz CT molecular complexity index is 1000. The van der Waals surface area contributed by atoms with Gasteiger partial charge in [0.15, 0.2) is 17.6 Å². The largest absolute Gasteiger partial charge is 0.454 e. The van der Waals surface area contributed by atoms with Crippen LogP contribution in [-0.4, -0.2) is 33.2 Å². The Labute approximate surface area is 161 Å². The molecule has 3 N–H and O–H groups in total. The van der Waals surface area contributed by atoms with Crippen molar-refractivity contribution in [2.45, 2.75) is 24.5 Å². The maximum Gasteiger partial charge on any atom is 0.338 e. The molecule has 0 unspecified atom stereocenters. The van der Waals surface area contributed by atoms with E-state index in [4.69, 9.17) is 19.3 Å². The van der Waals surface area contributed by atoms with E-state index >= 15 is 0 Å². The van der Waals surface area contributed by atoms with Gasteiger partial charge in [0.05, 0.1) is 10.5 Å². The summed E-state index contributed by atoms with van der Waals surface area (Å²) in [5.41, 5.74) is 0.900. The van der Waals surface area contributed by atoms with Crippen molar-refractivity contribution in [1.29, 1.82) is 0 Å². The minimum absolute atomic E-state index is 0.0998. The number of nitrogens with two attached hydrogens (primary N) is 1. The molecule has 0 aromatic heterocycles. The van der Waals surface area contributed by atoms with Crippen LogP contribution < -0.4 is 19.9 Å². The lowest BCUT2D eigenvalue weighted by molar-refractivity contribution is -0.129. The molecule has 10 heteroatoms. The predicted octanol–water partition coefficient (Wildman–Crippen LogP) is 0.924. The average Bonchev–Trinajstić information content (AvgIpc) is 3.13. The first kappa shape index (κ1) is 19.6. The zero-order chi connectivity index (χ0) is 20.3. The van der Waals surface area contributed by atoms with Gasteiger partial charge in [0.1, 0.15) is 0 Å². The highest BCUT2D eigenvalue weighted by Gasteiger charge is 2.20. The number of carbonyl (C=O) groups is 2. The molecule has 1 amide bonds. The van der Waals surface area contributed by atoms with E-state index in [-0.39, 0.29) is 23.8 Å². The van der Waals surface area contributed by atoms with E-state index in [0.717, 1.165) is 5.56 Å². The summed E-state index contributed by atoms with van der Waals surface area (Å²) in [6, 6.07) is 10.2. The summed E-state index contributed by atoms with van der Waals surface area (Å²) in [6.07, 6.45) is -1.04. The van der Waals surface area contributed by atoms with Gasteiger partial charge in [-0.15, -0.1) is 0 Å². The third-order valence-electron chi connectivity index (χ3n) is 3.98. The summed E-state index contributed by atoms with van der Waals surface area (Å²) >= 11 is 0. The molecule has 0 spiro atoms. The molecule has 1 aliphatic rings. The fraction of sp³-hybridized carbons (Fsp3) is 0.222. The summed E-state index contributed by atoms with van der Waals surface area (Å²) in [5.74, 6) is 0.0128. The highest BCUT2D eigenvalue weighted by molar-refractivity contribution is 7.89.